The number of carbonyl (C=O) groups excluding carboxylic acids is 2. The topological polar surface area (TPSA) is 82.1 Å². The van der Waals surface area contributed by atoms with E-state index in [4.69, 9.17) is 14.2 Å². The molecule has 134 valence electrons. The molecular weight excluding hydrogens is 324 g/mol. The summed E-state index contributed by atoms with van der Waals surface area (Å²) >= 11 is 0. The van der Waals surface area contributed by atoms with Crippen LogP contribution in [0.1, 0.15) is 39.0 Å². The third-order valence-electron chi connectivity index (χ3n) is 8.36. The Kier molecular flexibility index (Phi) is 2.43. The Labute approximate surface area is 145 Å². The van der Waals surface area contributed by atoms with Crippen LogP contribution in [0.4, 0.5) is 0 Å². The molecule has 2 bridgehead atoms. The Balaban J connectivity index is 1.52. The number of hydrogen-bond acceptors (Lipinski definition) is 6. The summed E-state index contributed by atoms with van der Waals surface area (Å²) in [7, 11) is 0. The first-order chi connectivity index (χ1) is 11.9. The average molecular weight is 346 g/mol. The average Bonchev–Trinajstić information content (AvgIpc) is 3.10. The van der Waals surface area contributed by atoms with E-state index in [9.17, 15) is 14.7 Å². The van der Waals surface area contributed by atoms with Crippen molar-refractivity contribution in [1.29, 1.82) is 0 Å². The van der Waals surface area contributed by atoms with Gasteiger partial charge in [-0.15, -0.1) is 0 Å². The highest BCUT2D eigenvalue weighted by atomic mass is 16.6. The third-order valence-corrected chi connectivity index (χ3v) is 8.36. The normalized spacial score (nSPS) is 55.4. The van der Waals surface area contributed by atoms with Crippen LogP contribution in [-0.4, -0.2) is 42.0 Å². The van der Waals surface area contributed by atoms with Gasteiger partial charge in [-0.05, 0) is 38.5 Å². The van der Waals surface area contributed by atoms with Gasteiger partial charge in [-0.25, -0.2) is 0 Å². The Morgan fingerprint density at radius 1 is 1.24 bits per heavy atom. The fourth-order valence-corrected chi connectivity index (χ4v) is 7.28. The third kappa shape index (κ3) is 1.37. The predicted molar refractivity (Wildman–Crippen MR) is 82.9 cm³/mol. The van der Waals surface area contributed by atoms with Crippen LogP contribution < -0.4 is 0 Å². The Bertz CT molecular complexity index is 745. The molecule has 0 aromatic carbocycles. The summed E-state index contributed by atoms with van der Waals surface area (Å²) in [6, 6.07) is 0. The van der Waals surface area contributed by atoms with Crippen molar-refractivity contribution in [3.63, 3.8) is 0 Å². The van der Waals surface area contributed by atoms with Crippen LogP contribution in [0.15, 0.2) is 11.3 Å². The van der Waals surface area contributed by atoms with Crippen molar-refractivity contribution in [2.75, 3.05) is 13.2 Å². The summed E-state index contributed by atoms with van der Waals surface area (Å²) in [5.74, 6) is -0.344. The van der Waals surface area contributed by atoms with Gasteiger partial charge in [-0.3, -0.25) is 9.59 Å². The van der Waals surface area contributed by atoms with Gasteiger partial charge in [0.2, 0.25) is 0 Å². The first-order valence-corrected chi connectivity index (χ1v) is 9.37. The molecule has 5 fully saturated rings. The second kappa shape index (κ2) is 4.12. The molecule has 4 aliphatic heterocycles. The van der Waals surface area contributed by atoms with Crippen LogP contribution in [0.25, 0.3) is 0 Å². The second-order valence-electron chi connectivity index (χ2n) is 8.97. The van der Waals surface area contributed by atoms with Gasteiger partial charge in [0.1, 0.15) is 17.3 Å². The molecule has 1 spiro atoms. The lowest BCUT2D eigenvalue weighted by molar-refractivity contribution is -0.376. The van der Waals surface area contributed by atoms with E-state index in [2.05, 4.69) is 0 Å². The summed E-state index contributed by atoms with van der Waals surface area (Å²) in [4.78, 5) is 24.9. The molecule has 3 aliphatic carbocycles. The van der Waals surface area contributed by atoms with E-state index in [1.54, 1.807) is 0 Å². The first-order valence-electron chi connectivity index (χ1n) is 9.37. The van der Waals surface area contributed by atoms with Gasteiger partial charge in [-0.2, -0.15) is 0 Å². The number of esters is 1. The number of rotatable bonds is 0. The van der Waals surface area contributed by atoms with Crippen molar-refractivity contribution < 1.29 is 28.9 Å². The van der Waals surface area contributed by atoms with Crippen LogP contribution in [0, 0.1) is 28.6 Å². The Morgan fingerprint density at radius 3 is 2.84 bits per heavy atom. The maximum absolute atomic E-state index is 12.8. The SMILES string of the molecule is C[C@@]12C(=O)O[C@H]3C[C@H]4C5=C(CC[C@H]4[C@]4(CC[C@@]1(O)OC4)[C@@H]32)C(=O)CO5. The molecule has 7 aliphatic rings. The molecule has 7 rings (SSSR count). The van der Waals surface area contributed by atoms with E-state index < -0.39 is 11.2 Å². The second-order valence-corrected chi connectivity index (χ2v) is 8.97. The van der Waals surface area contributed by atoms with Gasteiger partial charge in [0.25, 0.3) is 0 Å². The fraction of sp³-hybridized carbons (Fsp3) is 0.789. The number of allylic oxidation sites excluding steroid dienone is 1. The Hall–Kier alpha value is -1.40. The van der Waals surface area contributed by atoms with Crippen molar-refractivity contribution in [3.8, 4) is 0 Å². The molecular formula is C19H22O6. The first kappa shape index (κ1) is 14.7. The van der Waals surface area contributed by atoms with Crippen molar-refractivity contribution in [2.45, 2.75) is 50.9 Å². The lowest BCUT2D eigenvalue weighted by atomic mass is 9.41. The molecule has 7 atom stereocenters. The van der Waals surface area contributed by atoms with Crippen molar-refractivity contribution in [2.24, 2.45) is 28.6 Å². The van der Waals surface area contributed by atoms with E-state index in [0.717, 1.165) is 30.6 Å². The monoisotopic (exact) mass is 346 g/mol. The molecule has 2 saturated carbocycles. The van der Waals surface area contributed by atoms with Crippen molar-refractivity contribution in [3.05, 3.63) is 11.3 Å². The highest BCUT2D eigenvalue weighted by Crippen LogP contribution is 2.73. The van der Waals surface area contributed by atoms with Crippen LogP contribution in [-0.2, 0) is 23.8 Å². The lowest BCUT2D eigenvalue weighted by Gasteiger charge is -2.66. The van der Waals surface area contributed by atoms with Gasteiger partial charge in [-0.1, -0.05) is 0 Å². The summed E-state index contributed by atoms with van der Waals surface area (Å²) in [5, 5.41) is 11.0. The quantitative estimate of drug-likeness (QED) is 0.666. The summed E-state index contributed by atoms with van der Waals surface area (Å²) in [6.45, 7) is 2.45. The molecule has 3 saturated heterocycles. The van der Waals surface area contributed by atoms with Crippen molar-refractivity contribution >= 4 is 11.8 Å². The fourth-order valence-electron chi connectivity index (χ4n) is 7.28. The van der Waals surface area contributed by atoms with Gasteiger partial charge in [0.05, 0.1) is 6.61 Å². The number of Topliss-reactive ketones (excluding diaryl/α,β-unsaturated/α-hetero) is 1. The maximum atomic E-state index is 12.8. The molecule has 0 amide bonds. The van der Waals surface area contributed by atoms with Crippen LogP contribution >= 0.6 is 0 Å². The van der Waals surface area contributed by atoms with E-state index in [1.165, 1.54) is 0 Å². The number of ketones is 1. The largest absolute Gasteiger partial charge is 0.489 e. The van der Waals surface area contributed by atoms with E-state index >= 15 is 0 Å². The highest BCUT2D eigenvalue weighted by Gasteiger charge is 2.79. The van der Waals surface area contributed by atoms with E-state index in [-0.39, 0.29) is 41.7 Å². The molecule has 25 heavy (non-hydrogen) atoms. The lowest BCUT2D eigenvalue weighted by Crippen LogP contribution is -2.72. The molecule has 6 nitrogen and oxygen atoms in total. The number of hydrogen-bond donors (Lipinski definition) is 1. The molecule has 0 unspecified atom stereocenters. The minimum Gasteiger partial charge on any atom is -0.489 e. The van der Waals surface area contributed by atoms with Gasteiger partial charge < -0.3 is 19.3 Å². The van der Waals surface area contributed by atoms with E-state index in [1.807, 2.05) is 6.92 Å². The minimum absolute atomic E-state index is 0.0134. The standard InChI is InChI=1S/C19H22O6/c1-17-15-13(25-16(17)21)6-10-11(3-2-9-12(20)7-23-14(9)10)18(15)4-5-19(17,22)24-8-18/h10-11,13,15,22H,2-8H2,1H3/t10-,11-,13+,15+,17-,18-,19-/m1/s1. The van der Waals surface area contributed by atoms with Crippen molar-refractivity contribution in [1.82, 2.24) is 0 Å². The highest BCUT2D eigenvalue weighted by molar-refractivity contribution is 5.99. The van der Waals surface area contributed by atoms with Gasteiger partial charge in [0, 0.05) is 29.2 Å². The van der Waals surface area contributed by atoms with Crippen LogP contribution in [0.3, 0.4) is 0 Å². The van der Waals surface area contributed by atoms with Crippen LogP contribution in [0.2, 0.25) is 0 Å². The summed E-state index contributed by atoms with van der Waals surface area (Å²) in [6.07, 6.45) is 3.46. The Morgan fingerprint density at radius 2 is 2.08 bits per heavy atom. The minimum atomic E-state index is -1.41. The number of aliphatic hydroxyl groups is 1. The summed E-state index contributed by atoms with van der Waals surface area (Å²) < 4.78 is 17.5. The molecule has 0 radical (unpaired) electrons. The smallest absolute Gasteiger partial charge is 0.318 e. The molecule has 0 aromatic rings. The maximum Gasteiger partial charge on any atom is 0.318 e. The zero-order chi connectivity index (χ0) is 17.2. The zero-order valence-electron chi connectivity index (χ0n) is 14.2. The van der Waals surface area contributed by atoms with Crippen LogP contribution in [0.5, 0.6) is 0 Å². The van der Waals surface area contributed by atoms with Gasteiger partial charge in [0.15, 0.2) is 18.2 Å². The number of ether oxygens (including phenoxy) is 3. The molecule has 6 heteroatoms. The molecule has 1 N–H and O–H groups in total. The molecule has 0 aromatic heterocycles. The number of fused-ring (bicyclic) bond motifs is 4. The number of carbonyl (C=O) groups is 2. The summed E-state index contributed by atoms with van der Waals surface area (Å²) in [5.41, 5.74) is -0.306. The van der Waals surface area contributed by atoms with Gasteiger partial charge >= 0.3 is 5.97 Å². The predicted octanol–water partition coefficient (Wildman–Crippen LogP) is 1.32. The molecule has 4 heterocycles. The zero-order valence-corrected chi connectivity index (χ0v) is 14.2. The van der Waals surface area contributed by atoms with E-state index in [0.29, 0.717) is 25.4 Å².